The molecular formula is C22H31ClO6. The average molecular weight is 427 g/mol. The molecule has 0 spiro atoms. The molecule has 6 atom stereocenters. The molecule has 2 N–H and O–H groups in total. The minimum absolute atomic E-state index is 0.00752. The molecule has 3 fully saturated rings. The van der Waals surface area contributed by atoms with Crippen molar-refractivity contribution < 1.29 is 29.3 Å². The third-order valence-electron chi connectivity index (χ3n) is 7.60. The molecule has 0 aromatic heterocycles. The van der Waals surface area contributed by atoms with Crippen molar-refractivity contribution in [3.63, 3.8) is 0 Å². The Kier molecular flexibility index (Phi) is 6.47. The van der Waals surface area contributed by atoms with Crippen molar-refractivity contribution in [2.75, 3.05) is 19.1 Å². The van der Waals surface area contributed by atoms with E-state index in [1.54, 1.807) is 0 Å². The van der Waals surface area contributed by atoms with E-state index in [1.807, 2.05) is 13.0 Å². The molecule has 1 saturated heterocycles. The number of alkyl halides is 1. The highest BCUT2D eigenvalue weighted by Crippen LogP contribution is 2.61. The molecule has 1 unspecified atom stereocenters. The minimum Gasteiger partial charge on any atom is -0.458 e. The van der Waals surface area contributed by atoms with E-state index in [0.29, 0.717) is 18.4 Å². The number of esters is 2. The number of halogens is 1. The molecule has 0 amide bonds. The van der Waals surface area contributed by atoms with Crippen molar-refractivity contribution in [1.82, 2.24) is 0 Å². The first-order valence-electron chi connectivity index (χ1n) is 10.3. The van der Waals surface area contributed by atoms with Crippen LogP contribution in [0.4, 0.5) is 0 Å². The Morgan fingerprint density at radius 1 is 1.41 bits per heavy atom. The molecule has 3 rings (SSSR count). The number of aliphatic hydroxyl groups excluding tert-OH is 2. The topological polar surface area (TPSA) is 93.1 Å². The lowest BCUT2D eigenvalue weighted by molar-refractivity contribution is -0.151. The standard InChI is InChI=1S/C22H31ClO6/c1-13-4-7-17-21(2,9-8-18(25)22(17,3)12-24)15(13)6-5-14-16(11-28-20(14)27)29-19(26)10-23/h5,15-18,24-25H,1,4,6-12H2,2-3H3/b14-5+/t15-,16+,17?,18+,21+,22-/m0/s1. The summed E-state index contributed by atoms with van der Waals surface area (Å²) in [4.78, 5) is 23.7. The monoisotopic (exact) mass is 426 g/mol. The van der Waals surface area contributed by atoms with Gasteiger partial charge in [0.25, 0.3) is 0 Å². The van der Waals surface area contributed by atoms with E-state index in [2.05, 4.69) is 13.5 Å². The predicted octanol–water partition coefficient (Wildman–Crippen LogP) is 2.75. The molecule has 0 radical (unpaired) electrons. The highest BCUT2D eigenvalue weighted by molar-refractivity contribution is 6.26. The minimum atomic E-state index is -0.731. The van der Waals surface area contributed by atoms with Crippen molar-refractivity contribution in [2.24, 2.45) is 22.7 Å². The lowest BCUT2D eigenvalue weighted by Crippen LogP contribution is -2.57. The van der Waals surface area contributed by atoms with E-state index in [0.717, 1.165) is 24.8 Å². The summed E-state index contributed by atoms with van der Waals surface area (Å²) in [7, 11) is 0. The molecule has 2 saturated carbocycles. The van der Waals surface area contributed by atoms with Crippen molar-refractivity contribution in [3.8, 4) is 0 Å². The Labute approximate surface area is 176 Å². The Bertz CT molecular complexity index is 718. The Morgan fingerprint density at radius 2 is 2.14 bits per heavy atom. The maximum Gasteiger partial charge on any atom is 0.337 e. The number of aliphatic hydroxyl groups is 2. The summed E-state index contributed by atoms with van der Waals surface area (Å²) in [5, 5.41) is 20.7. The second-order valence-electron chi connectivity index (χ2n) is 9.13. The van der Waals surface area contributed by atoms with Gasteiger partial charge in [0.1, 0.15) is 12.5 Å². The lowest BCUT2D eigenvalue weighted by Gasteiger charge is -2.59. The highest BCUT2D eigenvalue weighted by Gasteiger charge is 2.57. The Hall–Kier alpha value is -1.37. The number of carbonyl (C=O) groups excluding carboxylic acids is 2. The molecule has 3 aliphatic rings. The number of fused-ring (bicyclic) bond motifs is 1. The van der Waals surface area contributed by atoms with E-state index in [9.17, 15) is 19.8 Å². The zero-order chi connectivity index (χ0) is 21.4. The smallest absolute Gasteiger partial charge is 0.337 e. The maximum absolute atomic E-state index is 12.2. The molecule has 7 heteroatoms. The van der Waals surface area contributed by atoms with Crippen LogP contribution in [0.5, 0.6) is 0 Å². The van der Waals surface area contributed by atoms with E-state index in [-0.39, 0.29) is 36.3 Å². The molecule has 29 heavy (non-hydrogen) atoms. The third kappa shape index (κ3) is 3.87. The predicted molar refractivity (Wildman–Crippen MR) is 108 cm³/mol. The first-order chi connectivity index (χ1) is 13.7. The van der Waals surface area contributed by atoms with Crippen LogP contribution in [-0.2, 0) is 19.1 Å². The van der Waals surface area contributed by atoms with Crippen molar-refractivity contribution >= 4 is 23.5 Å². The molecule has 0 aromatic carbocycles. The number of rotatable bonds is 5. The molecular weight excluding hydrogens is 396 g/mol. The van der Waals surface area contributed by atoms with Crippen LogP contribution >= 0.6 is 11.6 Å². The van der Waals surface area contributed by atoms with Gasteiger partial charge in [-0.25, -0.2) is 4.79 Å². The summed E-state index contributed by atoms with van der Waals surface area (Å²) in [5.74, 6) is -1.09. The number of carbonyl (C=O) groups is 2. The van der Waals surface area contributed by atoms with Crippen molar-refractivity contribution in [3.05, 3.63) is 23.8 Å². The summed E-state index contributed by atoms with van der Waals surface area (Å²) >= 11 is 5.51. The average Bonchev–Trinajstić information content (AvgIpc) is 3.03. The quantitative estimate of drug-likeness (QED) is 0.304. The van der Waals surface area contributed by atoms with Crippen LogP contribution in [-0.4, -0.2) is 53.5 Å². The SMILES string of the molecule is C=C1CCC2[C@](C)(CO)[C@H](O)CC[C@]2(C)[C@H]1C/C=C1/C(=O)OC[C@H]1OC(=O)CCl. The molecule has 2 aliphatic carbocycles. The van der Waals surface area contributed by atoms with Crippen LogP contribution in [0.3, 0.4) is 0 Å². The van der Waals surface area contributed by atoms with E-state index in [1.165, 1.54) is 0 Å². The van der Waals surface area contributed by atoms with Gasteiger partial charge in [0.15, 0.2) is 6.10 Å². The second kappa shape index (κ2) is 8.40. The summed E-state index contributed by atoms with van der Waals surface area (Å²) in [6.07, 6.45) is 4.29. The van der Waals surface area contributed by atoms with Crippen molar-refractivity contribution in [1.29, 1.82) is 0 Å². The van der Waals surface area contributed by atoms with Crippen molar-refractivity contribution in [2.45, 2.75) is 58.2 Å². The number of allylic oxidation sites excluding steroid dienone is 2. The summed E-state index contributed by atoms with van der Waals surface area (Å²) in [6, 6.07) is 0. The van der Waals surface area contributed by atoms with Gasteiger partial charge >= 0.3 is 11.9 Å². The molecule has 0 bridgehead atoms. The van der Waals surface area contributed by atoms with Gasteiger partial charge in [-0.05, 0) is 49.4 Å². The molecule has 1 aliphatic heterocycles. The Morgan fingerprint density at radius 3 is 2.79 bits per heavy atom. The number of ether oxygens (including phenoxy) is 2. The fraction of sp³-hybridized carbons (Fsp3) is 0.727. The summed E-state index contributed by atoms with van der Waals surface area (Å²) in [5.41, 5.74) is 0.776. The van der Waals surface area contributed by atoms with Gasteiger partial charge in [0.05, 0.1) is 18.3 Å². The fourth-order valence-corrected chi connectivity index (χ4v) is 5.90. The van der Waals surface area contributed by atoms with E-state index in [4.69, 9.17) is 21.1 Å². The van der Waals surface area contributed by atoms with Crippen LogP contribution in [0, 0.1) is 22.7 Å². The lowest BCUT2D eigenvalue weighted by atomic mass is 9.46. The second-order valence-corrected chi connectivity index (χ2v) is 9.40. The molecule has 1 heterocycles. The van der Waals surface area contributed by atoms with Crippen LogP contribution in [0.2, 0.25) is 0 Å². The fourth-order valence-electron chi connectivity index (χ4n) is 5.84. The molecule has 6 nitrogen and oxygen atoms in total. The van der Waals surface area contributed by atoms with Crippen LogP contribution in [0.15, 0.2) is 23.8 Å². The molecule has 162 valence electrons. The number of hydrogen-bond acceptors (Lipinski definition) is 6. The number of cyclic esters (lactones) is 1. The van der Waals surface area contributed by atoms with E-state index < -0.39 is 29.6 Å². The Balaban J connectivity index is 1.85. The third-order valence-corrected chi connectivity index (χ3v) is 7.82. The van der Waals surface area contributed by atoms with Crippen LogP contribution < -0.4 is 0 Å². The molecule has 0 aromatic rings. The zero-order valence-electron chi connectivity index (χ0n) is 17.2. The van der Waals surface area contributed by atoms with Crippen LogP contribution in [0.1, 0.15) is 46.0 Å². The first-order valence-corrected chi connectivity index (χ1v) is 10.8. The normalized spacial score (nSPS) is 41.2. The van der Waals surface area contributed by atoms with Crippen LogP contribution in [0.25, 0.3) is 0 Å². The van der Waals surface area contributed by atoms with Gasteiger partial charge in [-0.2, -0.15) is 0 Å². The number of hydrogen-bond donors (Lipinski definition) is 2. The zero-order valence-corrected chi connectivity index (χ0v) is 17.9. The first kappa shape index (κ1) is 22.3. The van der Waals surface area contributed by atoms with E-state index >= 15 is 0 Å². The summed E-state index contributed by atoms with van der Waals surface area (Å²) in [6.45, 7) is 8.43. The van der Waals surface area contributed by atoms with Gasteiger partial charge in [0.2, 0.25) is 0 Å². The summed E-state index contributed by atoms with van der Waals surface area (Å²) < 4.78 is 10.3. The maximum atomic E-state index is 12.2. The van der Waals surface area contributed by atoms with Gasteiger partial charge in [0, 0.05) is 5.41 Å². The largest absolute Gasteiger partial charge is 0.458 e. The van der Waals surface area contributed by atoms with Gasteiger partial charge < -0.3 is 19.7 Å². The highest BCUT2D eigenvalue weighted by atomic mass is 35.5. The van der Waals surface area contributed by atoms with Gasteiger partial charge in [-0.15, -0.1) is 11.6 Å². The van der Waals surface area contributed by atoms with Gasteiger partial charge in [-0.1, -0.05) is 32.1 Å². The van der Waals surface area contributed by atoms with Gasteiger partial charge in [-0.3, -0.25) is 4.79 Å².